The van der Waals surface area contributed by atoms with Gasteiger partial charge in [0.2, 0.25) is 0 Å². The van der Waals surface area contributed by atoms with Gasteiger partial charge in [-0.15, -0.1) is 0 Å². The molecule has 2 nitrogen and oxygen atoms in total. The Balaban J connectivity index is 2.13. The van der Waals surface area contributed by atoms with Crippen LogP contribution in [0.4, 0.5) is 5.69 Å². The first-order chi connectivity index (χ1) is 9.10. The second-order valence-corrected chi connectivity index (χ2v) is 4.97. The Morgan fingerprint density at radius 3 is 2.42 bits per heavy atom. The Labute approximate surface area is 115 Å². The molecule has 0 atom stereocenters. The van der Waals surface area contributed by atoms with Crippen LogP contribution in [0.3, 0.4) is 0 Å². The minimum absolute atomic E-state index is 0.771. The zero-order valence-electron chi connectivity index (χ0n) is 12.1. The van der Waals surface area contributed by atoms with Crippen LogP contribution in [0.15, 0.2) is 36.4 Å². The van der Waals surface area contributed by atoms with Crippen LogP contribution < -0.4 is 10.1 Å². The van der Waals surface area contributed by atoms with Crippen LogP contribution in [0.25, 0.3) is 0 Å². The third-order valence-electron chi connectivity index (χ3n) is 3.43. The predicted molar refractivity (Wildman–Crippen MR) is 81.0 cm³/mol. The number of ether oxygens (including phenoxy) is 1. The summed E-state index contributed by atoms with van der Waals surface area (Å²) in [5.41, 5.74) is 6.20. The van der Waals surface area contributed by atoms with Crippen molar-refractivity contribution in [2.24, 2.45) is 0 Å². The van der Waals surface area contributed by atoms with E-state index in [-0.39, 0.29) is 0 Å². The lowest BCUT2D eigenvalue weighted by atomic mass is 10.1. The second-order valence-electron chi connectivity index (χ2n) is 4.97. The number of methoxy groups -OCH3 is 1. The maximum Gasteiger partial charge on any atom is 0.123 e. The minimum Gasteiger partial charge on any atom is -0.496 e. The quantitative estimate of drug-likeness (QED) is 0.882. The molecule has 0 fully saturated rings. The molecule has 0 amide bonds. The van der Waals surface area contributed by atoms with Crippen LogP contribution in [-0.2, 0) is 6.54 Å². The van der Waals surface area contributed by atoms with Crippen molar-refractivity contribution in [2.75, 3.05) is 12.4 Å². The topological polar surface area (TPSA) is 21.3 Å². The van der Waals surface area contributed by atoms with E-state index in [0.29, 0.717) is 0 Å². The molecule has 2 aromatic carbocycles. The molecule has 0 spiro atoms. The number of nitrogens with one attached hydrogen (secondary N) is 1. The van der Waals surface area contributed by atoms with Crippen molar-refractivity contribution in [3.63, 3.8) is 0 Å². The van der Waals surface area contributed by atoms with Gasteiger partial charge in [-0.1, -0.05) is 23.8 Å². The average Bonchev–Trinajstić information content (AvgIpc) is 2.40. The van der Waals surface area contributed by atoms with E-state index in [2.05, 4.69) is 56.4 Å². The van der Waals surface area contributed by atoms with Crippen molar-refractivity contribution < 1.29 is 4.74 Å². The van der Waals surface area contributed by atoms with Gasteiger partial charge in [-0.2, -0.15) is 0 Å². The minimum atomic E-state index is 0.771. The number of rotatable bonds is 4. The number of hydrogen-bond donors (Lipinski definition) is 1. The zero-order valence-corrected chi connectivity index (χ0v) is 12.1. The molecule has 0 heterocycles. The van der Waals surface area contributed by atoms with Crippen LogP contribution in [0.2, 0.25) is 0 Å². The molecular weight excluding hydrogens is 234 g/mol. The highest BCUT2D eigenvalue weighted by Crippen LogP contribution is 2.21. The van der Waals surface area contributed by atoms with Gasteiger partial charge in [0.05, 0.1) is 7.11 Å². The van der Waals surface area contributed by atoms with Gasteiger partial charge in [-0.05, 0) is 50.1 Å². The molecule has 2 rings (SSSR count). The van der Waals surface area contributed by atoms with E-state index < -0.39 is 0 Å². The molecule has 0 aliphatic rings. The Kier molecular flexibility index (Phi) is 4.10. The summed E-state index contributed by atoms with van der Waals surface area (Å²) in [5, 5.41) is 3.45. The van der Waals surface area contributed by atoms with Gasteiger partial charge in [-0.3, -0.25) is 0 Å². The molecule has 0 aliphatic heterocycles. The number of anilines is 1. The van der Waals surface area contributed by atoms with Crippen molar-refractivity contribution in [3.05, 3.63) is 58.7 Å². The Bertz CT molecular complexity index is 575. The lowest BCUT2D eigenvalue weighted by Crippen LogP contribution is -2.02. The van der Waals surface area contributed by atoms with Gasteiger partial charge in [0.15, 0.2) is 0 Å². The van der Waals surface area contributed by atoms with E-state index in [0.717, 1.165) is 18.0 Å². The molecule has 0 saturated heterocycles. The summed E-state index contributed by atoms with van der Waals surface area (Å²) in [7, 11) is 1.71. The smallest absolute Gasteiger partial charge is 0.123 e. The highest BCUT2D eigenvalue weighted by molar-refractivity contribution is 5.49. The molecule has 2 heteroatoms. The molecule has 2 aromatic rings. The van der Waals surface area contributed by atoms with Gasteiger partial charge in [0.1, 0.15) is 5.75 Å². The highest BCUT2D eigenvalue weighted by Gasteiger charge is 2.03. The molecule has 0 saturated carbocycles. The first-order valence-electron chi connectivity index (χ1n) is 6.55. The van der Waals surface area contributed by atoms with Crippen molar-refractivity contribution in [2.45, 2.75) is 27.3 Å². The summed E-state index contributed by atoms with van der Waals surface area (Å²) in [4.78, 5) is 0. The molecule has 0 unspecified atom stereocenters. The Morgan fingerprint density at radius 2 is 1.74 bits per heavy atom. The van der Waals surface area contributed by atoms with Crippen LogP contribution in [0, 0.1) is 20.8 Å². The predicted octanol–water partition coefficient (Wildman–Crippen LogP) is 4.23. The molecule has 100 valence electrons. The molecule has 1 N–H and O–H groups in total. The fourth-order valence-corrected chi connectivity index (χ4v) is 2.09. The summed E-state index contributed by atoms with van der Waals surface area (Å²) in [6.07, 6.45) is 0. The maximum atomic E-state index is 5.39. The van der Waals surface area contributed by atoms with E-state index in [4.69, 9.17) is 4.74 Å². The molecular formula is C17H21NO. The lowest BCUT2D eigenvalue weighted by molar-refractivity contribution is 0.410. The van der Waals surface area contributed by atoms with Gasteiger partial charge < -0.3 is 10.1 Å². The largest absolute Gasteiger partial charge is 0.496 e. The monoisotopic (exact) mass is 255 g/mol. The SMILES string of the molecule is COc1ccc(C)cc1CNc1ccc(C)c(C)c1. The van der Waals surface area contributed by atoms with Crippen LogP contribution >= 0.6 is 0 Å². The van der Waals surface area contributed by atoms with Crippen molar-refractivity contribution in [3.8, 4) is 5.75 Å². The number of aryl methyl sites for hydroxylation is 3. The summed E-state index contributed by atoms with van der Waals surface area (Å²) in [6, 6.07) is 12.7. The van der Waals surface area contributed by atoms with Crippen molar-refractivity contribution in [1.29, 1.82) is 0 Å². The van der Waals surface area contributed by atoms with Crippen LogP contribution in [0.5, 0.6) is 5.75 Å². The average molecular weight is 255 g/mol. The lowest BCUT2D eigenvalue weighted by Gasteiger charge is -2.12. The molecule has 0 radical (unpaired) electrons. The van der Waals surface area contributed by atoms with Crippen molar-refractivity contribution >= 4 is 5.69 Å². The summed E-state index contributed by atoms with van der Waals surface area (Å²) in [6.45, 7) is 7.13. The van der Waals surface area contributed by atoms with E-state index in [1.807, 2.05) is 6.07 Å². The first kappa shape index (κ1) is 13.5. The van der Waals surface area contributed by atoms with Crippen molar-refractivity contribution in [1.82, 2.24) is 0 Å². The highest BCUT2D eigenvalue weighted by atomic mass is 16.5. The number of hydrogen-bond acceptors (Lipinski definition) is 2. The fraction of sp³-hybridized carbons (Fsp3) is 0.294. The summed E-state index contributed by atoms with van der Waals surface area (Å²) >= 11 is 0. The van der Waals surface area contributed by atoms with E-state index >= 15 is 0 Å². The first-order valence-corrected chi connectivity index (χ1v) is 6.55. The van der Waals surface area contributed by atoms with Gasteiger partial charge in [0, 0.05) is 17.8 Å². The third kappa shape index (κ3) is 3.28. The standard InChI is InChI=1S/C17H21NO/c1-12-5-8-17(19-4)15(9-12)11-18-16-7-6-13(2)14(3)10-16/h5-10,18H,11H2,1-4H3. The molecule has 19 heavy (non-hydrogen) atoms. The summed E-state index contributed by atoms with van der Waals surface area (Å²) in [5.74, 6) is 0.932. The molecule has 0 aromatic heterocycles. The van der Waals surface area contributed by atoms with Crippen LogP contribution in [-0.4, -0.2) is 7.11 Å². The molecule has 0 aliphatic carbocycles. The summed E-state index contributed by atoms with van der Waals surface area (Å²) < 4.78 is 5.39. The van der Waals surface area contributed by atoms with E-state index in [1.165, 1.54) is 22.3 Å². The second kappa shape index (κ2) is 5.79. The number of benzene rings is 2. The third-order valence-corrected chi connectivity index (χ3v) is 3.43. The molecule has 0 bridgehead atoms. The van der Waals surface area contributed by atoms with Gasteiger partial charge in [-0.25, -0.2) is 0 Å². The fourth-order valence-electron chi connectivity index (χ4n) is 2.09. The Hall–Kier alpha value is -1.96. The van der Waals surface area contributed by atoms with Crippen LogP contribution in [0.1, 0.15) is 22.3 Å². The normalized spacial score (nSPS) is 10.3. The van der Waals surface area contributed by atoms with E-state index in [1.54, 1.807) is 7.11 Å². The van der Waals surface area contributed by atoms with E-state index in [9.17, 15) is 0 Å². The maximum absolute atomic E-state index is 5.39. The van der Waals surface area contributed by atoms with Gasteiger partial charge in [0.25, 0.3) is 0 Å². The van der Waals surface area contributed by atoms with Gasteiger partial charge >= 0.3 is 0 Å². The zero-order chi connectivity index (χ0) is 13.8. The Morgan fingerprint density at radius 1 is 0.947 bits per heavy atom.